The number of carboxylic acid groups (broad SMARTS) is 1. The predicted molar refractivity (Wildman–Crippen MR) is 72.4 cm³/mol. The molecule has 0 atom stereocenters. The number of carbonyl (C=O) groups is 2. The van der Waals surface area contributed by atoms with Crippen LogP contribution < -0.4 is 10.6 Å². The van der Waals surface area contributed by atoms with Gasteiger partial charge in [-0.05, 0) is 31.0 Å². The maximum atomic E-state index is 13.2. The molecule has 0 bridgehead atoms. The van der Waals surface area contributed by atoms with Gasteiger partial charge in [-0.1, -0.05) is 19.3 Å². The monoisotopic (exact) mass is 280 g/mol. The Hall–Kier alpha value is -2.11. The molecule has 0 spiro atoms. The first-order valence-corrected chi connectivity index (χ1v) is 6.66. The van der Waals surface area contributed by atoms with Gasteiger partial charge in [0.1, 0.15) is 5.82 Å². The molecule has 0 aromatic heterocycles. The minimum absolute atomic E-state index is 0.156. The van der Waals surface area contributed by atoms with Crippen molar-refractivity contribution in [1.82, 2.24) is 5.32 Å². The van der Waals surface area contributed by atoms with Crippen LogP contribution in [0.5, 0.6) is 0 Å². The molecular formula is C14H17FN2O3. The highest BCUT2D eigenvalue weighted by Crippen LogP contribution is 2.18. The van der Waals surface area contributed by atoms with Gasteiger partial charge >= 0.3 is 12.0 Å². The van der Waals surface area contributed by atoms with Crippen molar-refractivity contribution in [2.24, 2.45) is 0 Å². The Morgan fingerprint density at radius 1 is 1.20 bits per heavy atom. The molecule has 1 aromatic carbocycles. The zero-order valence-electron chi connectivity index (χ0n) is 11.0. The van der Waals surface area contributed by atoms with Crippen LogP contribution in [0.15, 0.2) is 18.2 Å². The topological polar surface area (TPSA) is 78.4 Å². The Morgan fingerprint density at radius 3 is 2.55 bits per heavy atom. The number of hydrogen-bond donors (Lipinski definition) is 3. The number of halogens is 1. The second-order valence-electron chi connectivity index (χ2n) is 4.93. The molecule has 3 N–H and O–H groups in total. The number of carboxylic acids is 1. The Bertz CT molecular complexity index is 513. The van der Waals surface area contributed by atoms with Gasteiger partial charge in [0.05, 0.1) is 5.56 Å². The van der Waals surface area contributed by atoms with Gasteiger partial charge in [0.15, 0.2) is 0 Å². The van der Waals surface area contributed by atoms with Crippen molar-refractivity contribution in [2.45, 2.75) is 38.1 Å². The van der Waals surface area contributed by atoms with E-state index in [0.29, 0.717) is 0 Å². The number of urea groups is 1. The van der Waals surface area contributed by atoms with Crippen molar-refractivity contribution in [2.75, 3.05) is 5.32 Å². The normalized spacial score (nSPS) is 15.7. The van der Waals surface area contributed by atoms with E-state index in [4.69, 9.17) is 5.11 Å². The fourth-order valence-corrected chi connectivity index (χ4v) is 2.37. The molecule has 1 aliphatic carbocycles. The second kappa shape index (κ2) is 6.36. The van der Waals surface area contributed by atoms with Crippen molar-refractivity contribution >= 4 is 17.7 Å². The summed E-state index contributed by atoms with van der Waals surface area (Å²) in [6.45, 7) is 0. The number of hydrogen-bond acceptors (Lipinski definition) is 2. The molecule has 1 aliphatic rings. The molecule has 0 aliphatic heterocycles. The zero-order valence-corrected chi connectivity index (χ0v) is 11.0. The van der Waals surface area contributed by atoms with Crippen LogP contribution in [-0.4, -0.2) is 23.1 Å². The molecule has 2 amide bonds. The van der Waals surface area contributed by atoms with Gasteiger partial charge < -0.3 is 15.7 Å². The van der Waals surface area contributed by atoms with E-state index in [2.05, 4.69) is 10.6 Å². The number of aromatic carboxylic acids is 1. The maximum Gasteiger partial charge on any atom is 0.338 e. The summed E-state index contributed by atoms with van der Waals surface area (Å²) in [5, 5.41) is 14.2. The van der Waals surface area contributed by atoms with Gasteiger partial charge in [-0.2, -0.15) is 0 Å². The molecule has 0 saturated heterocycles. The van der Waals surface area contributed by atoms with Crippen molar-refractivity contribution < 1.29 is 19.1 Å². The predicted octanol–water partition coefficient (Wildman–Crippen LogP) is 2.98. The molecule has 0 unspecified atom stereocenters. The highest BCUT2D eigenvalue weighted by Gasteiger charge is 2.16. The smallest absolute Gasteiger partial charge is 0.338 e. The Balaban J connectivity index is 1.96. The van der Waals surface area contributed by atoms with E-state index < -0.39 is 17.3 Å². The molecule has 2 rings (SSSR count). The summed E-state index contributed by atoms with van der Waals surface area (Å²) >= 11 is 0. The molecule has 6 heteroatoms. The first-order chi connectivity index (χ1) is 9.56. The van der Waals surface area contributed by atoms with Crippen LogP contribution in [0.1, 0.15) is 42.5 Å². The van der Waals surface area contributed by atoms with Gasteiger partial charge in [-0.3, -0.25) is 0 Å². The lowest BCUT2D eigenvalue weighted by molar-refractivity contribution is 0.0692. The first-order valence-electron chi connectivity index (χ1n) is 6.66. The minimum Gasteiger partial charge on any atom is -0.478 e. The number of benzene rings is 1. The average molecular weight is 280 g/mol. The minimum atomic E-state index is -1.36. The highest BCUT2D eigenvalue weighted by atomic mass is 19.1. The summed E-state index contributed by atoms with van der Waals surface area (Å²) in [7, 11) is 0. The van der Waals surface area contributed by atoms with Crippen LogP contribution >= 0.6 is 0 Å². The number of amides is 2. The maximum absolute atomic E-state index is 13.2. The summed E-state index contributed by atoms with van der Waals surface area (Å²) < 4.78 is 13.2. The Kier molecular flexibility index (Phi) is 4.55. The number of anilines is 1. The van der Waals surface area contributed by atoms with Gasteiger partial charge in [0.25, 0.3) is 0 Å². The van der Waals surface area contributed by atoms with Crippen LogP contribution in [0.4, 0.5) is 14.9 Å². The largest absolute Gasteiger partial charge is 0.478 e. The van der Waals surface area contributed by atoms with Crippen molar-refractivity contribution in [3.8, 4) is 0 Å². The third-order valence-electron chi connectivity index (χ3n) is 3.40. The fraction of sp³-hybridized carbons (Fsp3) is 0.429. The highest BCUT2D eigenvalue weighted by molar-refractivity contribution is 5.93. The van der Waals surface area contributed by atoms with Gasteiger partial charge in [0.2, 0.25) is 0 Å². The van der Waals surface area contributed by atoms with Crippen molar-refractivity contribution in [1.29, 1.82) is 0 Å². The van der Waals surface area contributed by atoms with E-state index in [1.165, 1.54) is 12.5 Å². The summed E-state index contributed by atoms with van der Waals surface area (Å²) in [5.74, 6) is -2.19. The molecule has 0 radical (unpaired) electrons. The summed E-state index contributed by atoms with van der Waals surface area (Å²) in [6, 6.07) is 3.24. The van der Waals surface area contributed by atoms with Crippen molar-refractivity contribution in [3.63, 3.8) is 0 Å². The molecule has 1 aromatic rings. The van der Waals surface area contributed by atoms with Crippen LogP contribution in [0.25, 0.3) is 0 Å². The van der Waals surface area contributed by atoms with E-state index in [1.807, 2.05) is 0 Å². The molecule has 1 saturated carbocycles. The molecular weight excluding hydrogens is 263 g/mol. The third kappa shape index (κ3) is 3.69. The van der Waals surface area contributed by atoms with Crippen LogP contribution in [0.2, 0.25) is 0 Å². The van der Waals surface area contributed by atoms with Crippen LogP contribution in [0.3, 0.4) is 0 Å². The average Bonchev–Trinajstić information content (AvgIpc) is 2.41. The Morgan fingerprint density at radius 2 is 1.90 bits per heavy atom. The number of carbonyl (C=O) groups excluding carboxylic acids is 1. The number of rotatable bonds is 3. The zero-order chi connectivity index (χ0) is 14.5. The van der Waals surface area contributed by atoms with Gasteiger partial charge in [-0.15, -0.1) is 0 Å². The molecule has 20 heavy (non-hydrogen) atoms. The standard InChI is InChI=1S/C14H17FN2O3/c15-12-7-6-10(8-11(12)13(18)19)17-14(20)16-9-4-2-1-3-5-9/h6-9H,1-5H2,(H,18,19)(H2,16,17,20). The lowest BCUT2D eigenvalue weighted by Gasteiger charge is -2.22. The lowest BCUT2D eigenvalue weighted by atomic mass is 9.96. The van der Waals surface area contributed by atoms with Gasteiger partial charge in [-0.25, -0.2) is 14.0 Å². The SMILES string of the molecule is O=C(Nc1ccc(F)c(C(=O)O)c1)NC1CCCCC1. The van der Waals surface area contributed by atoms with Crippen molar-refractivity contribution in [3.05, 3.63) is 29.6 Å². The van der Waals surface area contributed by atoms with Crippen LogP contribution in [0, 0.1) is 5.82 Å². The van der Waals surface area contributed by atoms with E-state index in [9.17, 15) is 14.0 Å². The molecule has 5 nitrogen and oxygen atoms in total. The molecule has 108 valence electrons. The first kappa shape index (κ1) is 14.3. The molecule has 0 heterocycles. The van der Waals surface area contributed by atoms with Crippen LogP contribution in [-0.2, 0) is 0 Å². The second-order valence-corrected chi connectivity index (χ2v) is 4.93. The van der Waals surface area contributed by atoms with E-state index in [-0.39, 0.29) is 17.8 Å². The summed E-state index contributed by atoms with van der Waals surface area (Å²) in [5.41, 5.74) is -0.197. The lowest BCUT2D eigenvalue weighted by Crippen LogP contribution is -2.39. The summed E-state index contributed by atoms with van der Waals surface area (Å²) in [4.78, 5) is 22.6. The van der Waals surface area contributed by atoms with E-state index in [1.54, 1.807) is 0 Å². The third-order valence-corrected chi connectivity index (χ3v) is 3.40. The summed E-state index contributed by atoms with van der Waals surface area (Å²) in [6.07, 6.45) is 5.31. The van der Waals surface area contributed by atoms with Gasteiger partial charge in [0, 0.05) is 11.7 Å². The number of nitrogens with one attached hydrogen (secondary N) is 2. The van der Waals surface area contributed by atoms with E-state index >= 15 is 0 Å². The quantitative estimate of drug-likeness (QED) is 0.796. The Labute approximate surface area is 116 Å². The molecule has 1 fully saturated rings. The fourth-order valence-electron chi connectivity index (χ4n) is 2.37. The van der Waals surface area contributed by atoms with E-state index in [0.717, 1.165) is 37.8 Å².